The molecule has 0 radical (unpaired) electrons. The number of aromatic nitrogens is 5. The quantitative estimate of drug-likeness (QED) is 0.716. The van der Waals surface area contributed by atoms with Crippen molar-refractivity contribution in [3.8, 4) is 0 Å². The minimum Gasteiger partial charge on any atom is -0.411 e. The maximum absolute atomic E-state index is 13.2. The number of rotatable bonds is 4. The highest BCUT2D eigenvalue weighted by Gasteiger charge is 2.36. The first kappa shape index (κ1) is 16.2. The number of fused-ring (bicyclic) bond motifs is 1. The Kier molecular flexibility index (Phi) is 4.13. The fourth-order valence-electron chi connectivity index (χ4n) is 1.99. The average Bonchev–Trinajstić information content (AvgIpc) is 3.16. The normalized spacial score (nSPS) is 11.8. The largest absolute Gasteiger partial charge is 0.431 e. The molecule has 3 aromatic rings. The molecule has 0 bridgehead atoms. The molecular formula is C12H9F3N6O2S. The second kappa shape index (κ2) is 6.11. The number of anilines is 1. The van der Waals surface area contributed by atoms with Gasteiger partial charge in [-0.15, -0.1) is 15.3 Å². The van der Waals surface area contributed by atoms with Crippen LogP contribution in [0.1, 0.15) is 23.0 Å². The zero-order valence-electron chi connectivity index (χ0n) is 12.0. The van der Waals surface area contributed by atoms with Gasteiger partial charge in [-0.25, -0.2) is 0 Å². The van der Waals surface area contributed by atoms with Crippen LogP contribution in [0, 0.1) is 0 Å². The van der Waals surface area contributed by atoms with E-state index in [0.717, 1.165) is 34.7 Å². The van der Waals surface area contributed by atoms with Crippen LogP contribution in [0.15, 0.2) is 28.1 Å². The molecule has 24 heavy (non-hydrogen) atoms. The number of pyridine rings is 1. The highest BCUT2D eigenvalue weighted by molar-refractivity contribution is 7.99. The second-order valence-electron chi connectivity index (χ2n) is 4.40. The summed E-state index contributed by atoms with van der Waals surface area (Å²) in [4.78, 5) is 12.2. The lowest BCUT2D eigenvalue weighted by Crippen LogP contribution is -2.17. The standard InChI is InChI=1S/C12H9F3N6O2S/c1-2-24-11-20-18-8-6(9(22)17-10-19-16-5-23-10)3-4-7(21(8)11)12(13,14)15/h3-5H,2H2,1H3,(H,17,19,22). The predicted octanol–water partition coefficient (Wildman–Crippen LogP) is 2.50. The Morgan fingerprint density at radius 3 is 2.75 bits per heavy atom. The lowest BCUT2D eigenvalue weighted by Gasteiger charge is -2.12. The van der Waals surface area contributed by atoms with E-state index in [0.29, 0.717) is 5.75 Å². The van der Waals surface area contributed by atoms with E-state index in [2.05, 4.69) is 25.7 Å². The second-order valence-corrected chi connectivity index (χ2v) is 5.63. The van der Waals surface area contributed by atoms with Crippen molar-refractivity contribution in [3.05, 3.63) is 29.8 Å². The Morgan fingerprint density at radius 2 is 2.12 bits per heavy atom. The molecule has 1 N–H and O–H groups in total. The number of alkyl halides is 3. The number of carbonyl (C=O) groups is 1. The first-order valence-electron chi connectivity index (χ1n) is 6.57. The molecule has 0 aliphatic carbocycles. The fourth-order valence-corrected chi connectivity index (χ4v) is 2.66. The van der Waals surface area contributed by atoms with Gasteiger partial charge in [-0.2, -0.15) is 13.2 Å². The van der Waals surface area contributed by atoms with E-state index >= 15 is 0 Å². The van der Waals surface area contributed by atoms with Crippen molar-refractivity contribution in [2.45, 2.75) is 18.3 Å². The van der Waals surface area contributed by atoms with Crippen molar-refractivity contribution >= 4 is 29.3 Å². The highest BCUT2D eigenvalue weighted by Crippen LogP contribution is 2.33. The van der Waals surface area contributed by atoms with Crippen LogP contribution in [-0.4, -0.2) is 36.5 Å². The summed E-state index contributed by atoms with van der Waals surface area (Å²) in [7, 11) is 0. The van der Waals surface area contributed by atoms with Crippen LogP contribution >= 0.6 is 11.8 Å². The Bertz CT molecular complexity index is 877. The first-order valence-corrected chi connectivity index (χ1v) is 7.56. The van der Waals surface area contributed by atoms with Crippen LogP contribution < -0.4 is 5.32 Å². The van der Waals surface area contributed by atoms with Crippen molar-refractivity contribution < 1.29 is 22.4 Å². The van der Waals surface area contributed by atoms with Crippen LogP contribution in [-0.2, 0) is 6.18 Å². The number of hydrogen-bond acceptors (Lipinski definition) is 7. The van der Waals surface area contributed by atoms with E-state index in [-0.39, 0.29) is 22.4 Å². The Hall–Kier alpha value is -2.63. The smallest absolute Gasteiger partial charge is 0.411 e. The molecule has 0 aliphatic heterocycles. The molecule has 0 aromatic carbocycles. The summed E-state index contributed by atoms with van der Waals surface area (Å²) in [5.41, 5.74) is -1.28. The third kappa shape index (κ3) is 2.91. The minimum atomic E-state index is -4.62. The van der Waals surface area contributed by atoms with Crippen LogP contribution in [0.4, 0.5) is 19.2 Å². The zero-order chi connectivity index (χ0) is 17.3. The van der Waals surface area contributed by atoms with Crippen LogP contribution in [0.25, 0.3) is 5.65 Å². The molecule has 0 spiro atoms. The summed E-state index contributed by atoms with van der Waals surface area (Å²) in [5.74, 6) is -0.241. The summed E-state index contributed by atoms with van der Waals surface area (Å²) in [6, 6.07) is 1.65. The predicted molar refractivity (Wildman–Crippen MR) is 76.6 cm³/mol. The van der Waals surface area contributed by atoms with E-state index in [9.17, 15) is 18.0 Å². The number of thioether (sulfide) groups is 1. The number of nitrogens with zero attached hydrogens (tertiary/aromatic N) is 5. The van der Waals surface area contributed by atoms with Crippen LogP contribution in [0.2, 0.25) is 0 Å². The third-order valence-electron chi connectivity index (χ3n) is 2.91. The van der Waals surface area contributed by atoms with Gasteiger partial charge in [0.1, 0.15) is 5.69 Å². The van der Waals surface area contributed by atoms with Crippen LogP contribution in [0.5, 0.6) is 0 Å². The van der Waals surface area contributed by atoms with E-state index in [4.69, 9.17) is 4.42 Å². The van der Waals surface area contributed by atoms with Gasteiger partial charge in [-0.3, -0.25) is 14.5 Å². The molecule has 126 valence electrons. The molecule has 3 rings (SSSR count). The molecule has 0 unspecified atom stereocenters. The topological polar surface area (TPSA) is 98.2 Å². The molecule has 12 heteroatoms. The van der Waals surface area contributed by atoms with Crippen molar-refractivity contribution in [1.82, 2.24) is 24.8 Å². The van der Waals surface area contributed by atoms with Crippen molar-refractivity contribution in [3.63, 3.8) is 0 Å². The number of carbonyl (C=O) groups excluding carboxylic acids is 1. The number of amides is 1. The number of nitrogens with one attached hydrogen (secondary N) is 1. The monoisotopic (exact) mass is 358 g/mol. The average molecular weight is 358 g/mol. The summed E-state index contributed by atoms with van der Waals surface area (Å²) in [5, 5.41) is 16.7. The molecule has 1 amide bonds. The van der Waals surface area contributed by atoms with Gasteiger partial charge in [0.25, 0.3) is 5.91 Å². The number of halogens is 3. The Balaban J connectivity index is 2.12. The lowest BCUT2D eigenvalue weighted by atomic mass is 10.2. The SMILES string of the molecule is CCSc1nnc2c(C(=O)Nc3nnco3)ccc(C(F)(F)F)n12. The Labute approximate surface area is 136 Å². The molecule has 0 atom stereocenters. The number of hydrogen-bond donors (Lipinski definition) is 1. The zero-order valence-corrected chi connectivity index (χ0v) is 12.9. The van der Waals surface area contributed by atoms with Gasteiger partial charge in [0.15, 0.2) is 10.8 Å². The van der Waals surface area contributed by atoms with Gasteiger partial charge >= 0.3 is 12.2 Å². The summed E-state index contributed by atoms with van der Waals surface area (Å²) in [6.07, 6.45) is -3.61. The fraction of sp³-hybridized carbons (Fsp3) is 0.250. The molecule has 3 heterocycles. The summed E-state index contributed by atoms with van der Waals surface area (Å²) >= 11 is 1.08. The van der Waals surface area contributed by atoms with Gasteiger partial charge in [0, 0.05) is 0 Å². The van der Waals surface area contributed by atoms with Crippen molar-refractivity contribution in [2.24, 2.45) is 0 Å². The van der Waals surface area contributed by atoms with E-state index in [1.54, 1.807) is 6.92 Å². The first-order chi connectivity index (χ1) is 11.4. The minimum absolute atomic E-state index is 0.0484. The molecular weight excluding hydrogens is 349 g/mol. The summed E-state index contributed by atoms with van der Waals surface area (Å²) in [6.45, 7) is 1.77. The Morgan fingerprint density at radius 1 is 1.33 bits per heavy atom. The lowest BCUT2D eigenvalue weighted by molar-refractivity contribution is -0.142. The summed E-state index contributed by atoms with van der Waals surface area (Å²) < 4.78 is 45.3. The van der Waals surface area contributed by atoms with Gasteiger partial charge in [0.05, 0.1) is 5.56 Å². The van der Waals surface area contributed by atoms with E-state index < -0.39 is 17.8 Å². The molecule has 0 aliphatic rings. The molecule has 3 aromatic heterocycles. The van der Waals surface area contributed by atoms with Gasteiger partial charge < -0.3 is 4.42 Å². The van der Waals surface area contributed by atoms with Crippen molar-refractivity contribution in [2.75, 3.05) is 11.1 Å². The van der Waals surface area contributed by atoms with Gasteiger partial charge in [-0.05, 0) is 17.9 Å². The maximum Gasteiger partial charge on any atom is 0.431 e. The highest BCUT2D eigenvalue weighted by atomic mass is 32.2. The van der Waals surface area contributed by atoms with Gasteiger partial charge in [0.2, 0.25) is 6.39 Å². The van der Waals surface area contributed by atoms with E-state index in [1.807, 2.05) is 0 Å². The van der Waals surface area contributed by atoms with Gasteiger partial charge in [-0.1, -0.05) is 23.8 Å². The molecule has 0 fully saturated rings. The van der Waals surface area contributed by atoms with E-state index in [1.165, 1.54) is 0 Å². The molecule has 8 nitrogen and oxygen atoms in total. The third-order valence-corrected chi connectivity index (χ3v) is 3.72. The molecule has 0 saturated carbocycles. The maximum atomic E-state index is 13.2. The van der Waals surface area contributed by atoms with Crippen LogP contribution in [0.3, 0.4) is 0 Å². The molecule has 0 saturated heterocycles. The van der Waals surface area contributed by atoms with Crippen molar-refractivity contribution in [1.29, 1.82) is 0 Å².